The molecule has 0 saturated heterocycles. The van der Waals surface area contributed by atoms with E-state index in [1.54, 1.807) is 0 Å². The lowest BCUT2D eigenvalue weighted by molar-refractivity contribution is 0.225. The summed E-state index contributed by atoms with van der Waals surface area (Å²) in [5.74, 6) is 0.521. The third-order valence-electron chi connectivity index (χ3n) is 3.99. The van der Waals surface area contributed by atoms with Crippen LogP contribution in [0.5, 0.6) is 5.88 Å². The van der Waals surface area contributed by atoms with Crippen LogP contribution in [-0.2, 0) is 12.8 Å². The lowest BCUT2D eigenvalue weighted by Gasteiger charge is -2.16. The molecule has 1 aromatic heterocycles. The van der Waals surface area contributed by atoms with Crippen LogP contribution >= 0.6 is 0 Å². The van der Waals surface area contributed by atoms with Gasteiger partial charge in [0.05, 0.1) is 0 Å². The SMILES string of the molecule is CN(CCOc1nc2c(cc1C#N)CCC2)C1CC1. The Morgan fingerprint density at radius 3 is 3.05 bits per heavy atom. The normalized spacial score (nSPS) is 17.3. The number of hydrogen-bond donors (Lipinski definition) is 0. The highest BCUT2D eigenvalue weighted by molar-refractivity contribution is 5.44. The second kappa shape index (κ2) is 5.18. The molecule has 3 rings (SSSR count). The number of ether oxygens (including phenoxy) is 1. The average Bonchev–Trinajstić information content (AvgIpc) is 3.17. The van der Waals surface area contributed by atoms with Gasteiger partial charge in [-0.3, -0.25) is 0 Å². The molecule has 1 saturated carbocycles. The molecule has 0 unspecified atom stereocenters. The van der Waals surface area contributed by atoms with Gasteiger partial charge >= 0.3 is 0 Å². The fraction of sp³-hybridized carbons (Fsp3) is 0.600. The van der Waals surface area contributed by atoms with Crippen molar-refractivity contribution in [1.82, 2.24) is 9.88 Å². The first-order valence-corrected chi connectivity index (χ1v) is 7.04. The summed E-state index contributed by atoms with van der Waals surface area (Å²) >= 11 is 0. The van der Waals surface area contributed by atoms with Crippen LogP contribution in [0.15, 0.2) is 6.07 Å². The zero-order valence-electron chi connectivity index (χ0n) is 11.4. The lowest BCUT2D eigenvalue weighted by atomic mass is 10.1. The molecule has 0 spiro atoms. The molecule has 1 fully saturated rings. The zero-order chi connectivity index (χ0) is 13.2. The van der Waals surface area contributed by atoms with E-state index in [4.69, 9.17) is 4.74 Å². The van der Waals surface area contributed by atoms with Crippen molar-refractivity contribution in [3.63, 3.8) is 0 Å². The first kappa shape index (κ1) is 12.4. The Morgan fingerprint density at radius 1 is 1.47 bits per heavy atom. The van der Waals surface area contributed by atoms with Crippen LogP contribution in [0.3, 0.4) is 0 Å². The number of aryl methyl sites for hydroxylation is 2. The Kier molecular flexibility index (Phi) is 3.39. The van der Waals surface area contributed by atoms with E-state index >= 15 is 0 Å². The van der Waals surface area contributed by atoms with Gasteiger partial charge in [0, 0.05) is 18.3 Å². The highest BCUT2D eigenvalue weighted by Crippen LogP contribution is 2.27. The Bertz CT molecular complexity index is 517. The van der Waals surface area contributed by atoms with Crippen molar-refractivity contribution in [3.05, 3.63) is 22.9 Å². The van der Waals surface area contributed by atoms with Crippen LogP contribution in [0, 0.1) is 11.3 Å². The maximum absolute atomic E-state index is 9.18. The quantitative estimate of drug-likeness (QED) is 0.808. The zero-order valence-corrected chi connectivity index (χ0v) is 11.4. The minimum absolute atomic E-state index is 0.521. The Morgan fingerprint density at radius 2 is 2.32 bits per heavy atom. The minimum Gasteiger partial charge on any atom is -0.475 e. The second-order valence-corrected chi connectivity index (χ2v) is 5.47. The van der Waals surface area contributed by atoms with E-state index in [-0.39, 0.29) is 0 Å². The van der Waals surface area contributed by atoms with Crippen LogP contribution in [0.1, 0.15) is 36.1 Å². The topological polar surface area (TPSA) is 49.1 Å². The fourth-order valence-corrected chi connectivity index (χ4v) is 2.63. The molecule has 1 heterocycles. The highest BCUT2D eigenvalue weighted by atomic mass is 16.5. The summed E-state index contributed by atoms with van der Waals surface area (Å²) in [6, 6.07) is 4.89. The second-order valence-electron chi connectivity index (χ2n) is 5.47. The maximum Gasteiger partial charge on any atom is 0.231 e. The van der Waals surface area contributed by atoms with Crippen molar-refractivity contribution in [1.29, 1.82) is 5.26 Å². The van der Waals surface area contributed by atoms with Gasteiger partial charge < -0.3 is 9.64 Å². The van der Waals surface area contributed by atoms with Gasteiger partial charge in [-0.1, -0.05) is 0 Å². The molecule has 4 nitrogen and oxygen atoms in total. The number of rotatable bonds is 5. The minimum atomic E-state index is 0.521. The van der Waals surface area contributed by atoms with E-state index in [1.807, 2.05) is 6.07 Å². The number of likely N-dealkylation sites (N-methyl/N-ethyl adjacent to an activating group) is 1. The summed E-state index contributed by atoms with van der Waals surface area (Å²) in [6.45, 7) is 1.50. The van der Waals surface area contributed by atoms with Crippen LogP contribution in [0.4, 0.5) is 0 Å². The summed E-state index contributed by atoms with van der Waals surface area (Å²) in [4.78, 5) is 6.84. The standard InChI is InChI=1S/C15H19N3O/c1-18(13-5-6-13)7-8-19-15-12(10-16)9-11-3-2-4-14(11)17-15/h9,13H,2-8H2,1H3. The Hall–Kier alpha value is -1.60. The highest BCUT2D eigenvalue weighted by Gasteiger charge is 2.25. The van der Waals surface area contributed by atoms with Gasteiger partial charge in [-0.15, -0.1) is 0 Å². The maximum atomic E-state index is 9.18. The number of fused-ring (bicyclic) bond motifs is 1. The molecule has 0 bridgehead atoms. The van der Waals surface area contributed by atoms with Crippen molar-refractivity contribution in [2.75, 3.05) is 20.2 Å². The molecule has 1 aromatic rings. The van der Waals surface area contributed by atoms with Crippen LogP contribution in [0.2, 0.25) is 0 Å². The van der Waals surface area contributed by atoms with Crippen molar-refractivity contribution in [2.45, 2.75) is 38.1 Å². The van der Waals surface area contributed by atoms with E-state index in [2.05, 4.69) is 23.0 Å². The van der Waals surface area contributed by atoms with E-state index < -0.39 is 0 Å². The van der Waals surface area contributed by atoms with Gasteiger partial charge in [-0.2, -0.15) is 5.26 Å². The van der Waals surface area contributed by atoms with Gasteiger partial charge in [-0.25, -0.2) is 4.98 Å². The molecule has 0 aliphatic heterocycles. The Balaban J connectivity index is 1.64. The molecule has 0 N–H and O–H groups in total. The molecule has 2 aliphatic carbocycles. The fourth-order valence-electron chi connectivity index (χ4n) is 2.63. The summed E-state index contributed by atoms with van der Waals surface area (Å²) in [7, 11) is 2.13. The molecule has 19 heavy (non-hydrogen) atoms. The van der Waals surface area contributed by atoms with Crippen molar-refractivity contribution in [3.8, 4) is 11.9 Å². The van der Waals surface area contributed by atoms with Gasteiger partial charge in [0.2, 0.25) is 5.88 Å². The molecule has 0 amide bonds. The van der Waals surface area contributed by atoms with Gasteiger partial charge in [0.15, 0.2) is 0 Å². The number of aromatic nitrogens is 1. The van der Waals surface area contributed by atoms with Crippen LogP contribution in [-0.4, -0.2) is 36.1 Å². The summed E-state index contributed by atoms with van der Waals surface area (Å²) in [5.41, 5.74) is 2.92. The third-order valence-corrected chi connectivity index (χ3v) is 3.99. The largest absolute Gasteiger partial charge is 0.475 e. The van der Waals surface area contributed by atoms with Crippen molar-refractivity contribution >= 4 is 0 Å². The summed E-state index contributed by atoms with van der Waals surface area (Å²) in [6.07, 6.45) is 5.80. The average molecular weight is 257 g/mol. The van der Waals surface area contributed by atoms with Gasteiger partial charge in [0.25, 0.3) is 0 Å². The van der Waals surface area contributed by atoms with Crippen LogP contribution < -0.4 is 4.74 Å². The molecule has 2 aliphatic rings. The van der Waals surface area contributed by atoms with E-state index in [0.29, 0.717) is 18.1 Å². The predicted molar refractivity (Wildman–Crippen MR) is 72.1 cm³/mol. The molecule has 0 aromatic carbocycles. The molecule has 0 radical (unpaired) electrons. The Labute approximate surface area is 114 Å². The molecular formula is C15H19N3O. The number of hydrogen-bond acceptors (Lipinski definition) is 4. The van der Waals surface area contributed by atoms with Gasteiger partial charge in [-0.05, 0) is 50.8 Å². The third kappa shape index (κ3) is 2.71. The lowest BCUT2D eigenvalue weighted by Crippen LogP contribution is -2.26. The molecule has 100 valence electrons. The van der Waals surface area contributed by atoms with E-state index in [0.717, 1.165) is 37.5 Å². The summed E-state index contributed by atoms with van der Waals surface area (Å²) < 4.78 is 5.73. The smallest absolute Gasteiger partial charge is 0.231 e. The van der Waals surface area contributed by atoms with E-state index in [9.17, 15) is 5.26 Å². The number of pyridine rings is 1. The van der Waals surface area contributed by atoms with Crippen molar-refractivity contribution in [2.24, 2.45) is 0 Å². The van der Waals surface area contributed by atoms with Gasteiger partial charge in [0.1, 0.15) is 18.2 Å². The van der Waals surface area contributed by atoms with E-state index in [1.165, 1.54) is 18.4 Å². The molecule has 0 atom stereocenters. The first-order chi connectivity index (χ1) is 9.28. The monoisotopic (exact) mass is 257 g/mol. The molecule has 4 heteroatoms. The van der Waals surface area contributed by atoms with Crippen LogP contribution in [0.25, 0.3) is 0 Å². The predicted octanol–water partition coefficient (Wildman–Crippen LogP) is 1.91. The number of nitrogens with zero attached hydrogens (tertiary/aromatic N) is 3. The first-order valence-electron chi connectivity index (χ1n) is 7.04. The van der Waals surface area contributed by atoms with Crippen molar-refractivity contribution < 1.29 is 4.74 Å². The summed E-state index contributed by atoms with van der Waals surface area (Å²) in [5, 5.41) is 9.18. The molecular weight excluding hydrogens is 238 g/mol. The number of nitriles is 1.